The van der Waals surface area contributed by atoms with Gasteiger partial charge in [-0.3, -0.25) is 13.9 Å². The van der Waals surface area contributed by atoms with E-state index in [1.54, 1.807) is 91.0 Å². The minimum atomic E-state index is -4.78. The normalized spacial score (nSPS) is 13.2. The van der Waals surface area contributed by atoms with Gasteiger partial charge >= 0.3 is 21.6 Å². The summed E-state index contributed by atoms with van der Waals surface area (Å²) in [6.45, 7) is 10.4. The second-order valence-electron chi connectivity index (χ2n) is 10.2. The first-order chi connectivity index (χ1) is 19.0. The molecule has 41 heavy (non-hydrogen) atoms. The van der Waals surface area contributed by atoms with Crippen molar-refractivity contribution in [3.8, 4) is 5.75 Å². The van der Waals surface area contributed by atoms with Crippen LogP contribution in [-0.4, -0.2) is 33.9 Å². The fraction of sp³-hybridized carbons (Fsp3) is 0.276. The number of carbonyl (C=O) groups excluding carboxylic acids is 1. The van der Waals surface area contributed by atoms with Gasteiger partial charge in [-0.2, -0.15) is 0 Å². The lowest BCUT2D eigenvalue weighted by atomic mass is 9.86. The van der Waals surface area contributed by atoms with Crippen LogP contribution < -0.4 is 4.52 Å². The van der Waals surface area contributed by atoms with Gasteiger partial charge in [-0.25, -0.2) is 13.9 Å². The molecule has 0 amide bonds. The molecule has 0 aromatic heterocycles. The molecule has 0 aliphatic carbocycles. The maximum atomic E-state index is 12.3. The quantitative estimate of drug-likeness (QED) is 0.127. The van der Waals surface area contributed by atoms with Crippen LogP contribution in [0.2, 0.25) is 0 Å². The standard InChI is InChI=1S/C18H19O6P.C11H17O4P/c1-14(2)17(19)24-18(13-23-25(20,21)22,15-9-5-3-6-10-15)16-11-7-4-8-12-16;1-11(2,3)9-14-16(12,13)15-10-7-5-4-6-8-10/h3-12H,1,13H2,2H3,(H2,20,21,22);4-8H,9H2,1-3H3,(H,12,13). The lowest BCUT2D eigenvalue weighted by molar-refractivity contribution is -0.155. The minimum Gasteiger partial charge on any atom is -0.443 e. The van der Waals surface area contributed by atoms with Gasteiger partial charge in [0, 0.05) is 16.7 Å². The highest BCUT2D eigenvalue weighted by Gasteiger charge is 2.41. The smallest absolute Gasteiger partial charge is 0.443 e. The van der Waals surface area contributed by atoms with Gasteiger partial charge in [-0.15, -0.1) is 0 Å². The first-order valence-electron chi connectivity index (χ1n) is 12.4. The van der Waals surface area contributed by atoms with Crippen LogP contribution in [0.4, 0.5) is 0 Å². The number of para-hydroxylation sites is 1. The topological polar surface area (TPSA) is 149 Å². The first-order valence-corrected chi connectivity index (χ1v) is 15.5. The number of hydrogen-bond acceptors (Lipinski definition) is 7. The highest BCUT2D eigenvalue weighted by Crippen LogP contribution is 2.45. The maximum absolute atomic E-state index is 12.3. The molecule has 10 nitrogen and oxygen atoms in total. The molecule has 3 rings (SSSR count). The Kier molecular flexibility index (Phi) is 12.2. The average molecular weight is 607 g/mol. The molecular weight excluding hydrogens is 570 g/mol. The molecule has 0 saturated heterocycles. The molecule has 0 spiro atoms. The molecule has 0 aliphatic rings. The van der Waals surface area contributed by atoms with Gasteiger partial charge in [0.2, 0.25) is 0 Å². The molecule has 0 fully saturated rings. The van der Waals surface area contributed by atoms with Crippen molar-refractivity contribution in [2.45, 2.75) is 33.3 Å². The second-order valence-corrected chi connectivity index (χ2v) is 12.8. The number of rotatable bonds is 11. The van der Waals surface area contributed by atoms with E-state index >= 15 is 0 Å². The summed E-state index contributed by atoms with van der Waals surface area (Å²) in [7, 11) is -8.79. The third-order valence-electron chi connectivity index (χ3n) is 5.16. The SMILES string of the molecule is C=C(C)C(=O)OC(COP(=O)(O)O)(c1ccccc1)c1ccccc1.CC(C)(C)COP(=O)(O)Oc1ccccc1. The molecule has 12 heteroatoms. The molecular formula is C29H36O10P2. The van der Waals surface area contributed by atoms with E-state index in [9.17, 15) is 18.8 Å². The Hall–Kier alpha value is -3.07. The Morgan fingerprint density at radius 3 is 1.59 bits per heavy atom. The van der Waals surface area contributed by atoms with Crippen LogP contribution in [0.5, 0.6) is 5.75 Å². The lowest BCUT2D eigenvalue weighted by Gasteiger charge is -2.34. The van der Waals surface area contributed by atoms with Crippen molar-refractivity contribution in [1.82, 2.24) is 0 Å². The molecule has 0 saturated carbocycles. The van der Waals surface area contributed by atoms with Crippen LogP contribution in [0.3, 0.4) is 0 Å². The van der Waals surface area contributed by atoms with Crippen LogP contribution in [0.1, 0.15) is 38.8 Å². The number of phosphoric acid groups is 2. The van der Waals surface area contributed by atoms with Crippen LogP contribution >= 0.6 is 15.6 Å². The predicted octanol–water partition coefficient (Wildman–Crippen LogP) is 6.39. The summed E-state index contributed by atoms with van der Waals surface area (Å²) in [4.78, 5) is 40.0. The predicted molar refractivity (Wildman–Crippen MR) is 155 cm³/mol. The Morgan fingerprint density at radius 2 is 1.20 bits per heavy atom. The van der Waals surface area contributed by atoms with Gasteiger partial charge in [-0.1, -0.05) is 106 Å². The van der Waals surface area contributed by atoms with E-state index in [-0.39, 0.29) is 17.6 Å². The van der Waals surface area contributed by atoms with E-state index in [2.05, 4.69) is 6.58 Å². The van der Waals surface area contributed by atoms with Gasteiger partial charge in [-0.05, 0) is 24.5 Å². The van der Waals surface area contributed by atoms with E-state index in [1.807, 2.05) is 20.8 Å². The zero-order chi connectivity index (χ0) is 30.7. The van der Waals surface area contributed by atoms with Crippen LogP contribution in [0.25, 0.3) is 0 Å². The van der Waals surface area contributed by atoms with Crippen molar-refractivity contribution in [3.05, 3.63) is 114 Å². The summed E-state index contributed by atoms with van der Waals surface area (Å²) in [6.07, 6.45) is 0. The van der Waals surface area contributed by atoms with Crippen LogP contribution in [0, 0.1) is 5.41 Å². The second kappa shape index (κ2) is 14.7. The van der Waals surface area contributed by atoms with Crippen molar-refractivity contribution in [1.29, 1.82) is 0 Å². The number of hydrogen-bond donors (Lipinski definition) is 3. The summed E-state index contributed by atoms with van der Waals surface area (Å²) >= 11 is 0. The van der Waals surface area contributed by atoms with E-state index in [0.29, 0.717) is 16.9 Å². The number of phosphoric ester groups is 2. The summed E-state index contributed by atoms with van der Waals surface area (Å²) < 4.78 is 43.0. The van der Waals surface area contributed by atoms with Gasteiger partial charge in [0.05, 0.1) is 6.61 Å². The molecule has 0 heterocycles. The number of carbonyl (C=O) groups is 1. The lowest BCUT2D eigenvalue weighted by Crippen LogP contribution is -2.38. The maximum Gasteiger partial charge on any atom is 0.527 e. The van der Waals surface area contributed by atoms with Gasteiger partial charge < -0.3 is 19.0 Å². The van der Waals surface area contributed by atoms with Crippen molar-refractivity contribution in [3.63, 3.8) is 0 Å². The highest BCUT2D eigenvalue weighted by atomic mass is 31.2. The fourth-order valence-electron chi connectivity index (χ4n) is 3.23. The Balaban J connectivity index is 0.000000317. The number of esters is 1. The molecule has 1 unspecified atom stereocenters. The summed E-state index contributed by atoms with van der Waals surface area (Å²) in [5.41, 5.74) is -0.515. The van der Waals surface area contributed by atoms with E-state index in [0.717, 1.165) is 0 Å². The van der Waals surface area contributed by atoms with E-state index < -0.39 is 33.8 Å². The molecule has 0 radical (unpaired) electrons. The van der Waals surface area contributed by atoms with Gasteiger partial charge in [0.1, 0.15) is 12.4 Å². The van der Waals surface area contributed by atoms with E-state index in [4.69, 9.17) is 28.1 Å². The van der Waals surface area contributed by atoms with Crippen molar-refractivity contribution in [2.24, 2.45) is 5.41 Å². The molecule has 3 N–H and O–H groups in total. The zero-order valence-corrected chi connectivity index (χ0v) is 25.2. The first kappa shape index (κ1) is 34.1. The van der Waals surface area contributed by atoms with Crippen molar-refractivity contribution >= 4 is 21.6 Å². The zero-order valence-electron chi connectivity index (χ0n) is 23.4. The van der Waals surface area contributed by atoms with Crippen molar-refractivity contribution < 1.29 is 46.9 Å². The Morgan fingerprint density at radius 1 is 0.756 bits per heavy atom. The Bertz CT molecular complexity index is 1310. The van der Waals surface area contributed by atoms with E-state index in [1.165, 1.54) is 6.92 Å². The third kappa shape index (κ3) is 12.1. The number of ether oxygens (including phenoxy) is 1. The molecule has 0 aliphatic heterocycles. The minimum absolute atomic E-state index is 0.160. The average Bonchev–Trinajstić information content (AvgIpc) is 2.91. The molecule has 3 aromatic rings. The fourth-order valence-corrected chi connectivity index (χ4v) is 4.57. The number of benzene rings is 3. The monoisotopic (exact) mass is 606 g/mol. The molecule has 3 aromatic carbocycles. The highest BCUT2D eigenvalue weighted by molar-refractivity contribution is 7.47. The van der Waals surface area contributed by atoms with Crippen LogP contribution in [0.15, 0.2) is 103 Å². The molecule has 0 bridgehead atoms. The largest absolute Gasteiger partial charge is 0.527 e. The van der Waals surface area contributed by atoms with Gasteiger partial charge in [0.25, 0.3) is 0 Å². The summed E-state index contributed by atoms with van der Waals surface area (Å²) in [6, 6.07) is 25.7. The molecule has 1 atom stereocenters. The third-order valence-corrected chi connectivity index (χ3v) is 6.52. The van der Waals surface area contributed by atoms with Crippen LogP contribution in [-0.2, 0) is 33.3 Å². The van der Waals surface area contributed by atoms with Gasteiger partial charge in [0.15, 0.2) is 5.60 Å². The van der Waals surface area contributed by atoms with Crippen molar-refractivity contribution in [2.75, 3.05) is 13.2 Å². The summed E-state index contributed by atoms with van der Waals surface area (Å²) in [5.74, 6) is -0.371. The summed E-state index contributed by atoms with van der Waals surface area (Å²) in [5, 5.41) is 0. The Labute approximate surface area is 240 Å². The molecule has 222 valence electrons.